The fraction of sp³-hybridized carbons (Fsp3) is 0.0800. The molecule has 32 heavy (non-hydrogen) atoms. The number of rotatable bonds is 6. The van der Waals surface area contributed by atoms with Gasteiger partial charge in [0.2, 0.25) is 5.91 Å². The Balaban J connectivity index is 1.51. The minimum atomic E-state index is -0.396. The minimum Gasteiger partial charge on any atom is -0.351 e. The molecule has 2 amide bonds. The molecule has 7 heteroatoms. The lowest BCUT2D eigenvalue weighted by Crippen LogP contribution is -2.32. The third-order valence-electron chi connectivity index (χ3n) is 4.68. The molecule has 0 fully saturated rings. The van der Waals surface area contributed by atoms with Crippen LogP contribution in [0.3, 0.4) is 0 Å². The molecule has 4 rings (SSSR count). The maximum atomic E-state index is 13.4. The molecule has 0 bridgehead atoms. The molecule has 0 radical (unpaired) electrons. The number of amides is 2. The van der Waals surface area contributed by atoms with E-state index < -0.39 is 5.82 Å². The number of carbonyl (C=O) groups excluding carboxylic acids is 2. The van der Waals surface area contributed by atoms with E-state index in [1.54, 1.807) is 6.08 Å². The summed E-state index contributed by atoms with van der Waals surface area (Å²) in [5.41, 5.74) is 2.59. The van der Waals surface area contributed by atoms with Crippen molar-refractivity contribution in [1.29, 1.82) is 0 Å². The first-order valence-electron chi connectivity index (χ1n) is 9.99. The summed E-state index contributed by atoms with van der Waals surface area (Å²) in [4.78, 5) is 31.3. The molecule has 3 aromatic rings. The molecular weight excluding hydrogens is 425 g/mol. The Morgan fingerprint density at radius 1 is 0.969 bits per heavy atom. The van der Waals surface area contributed by atoms with Crippen LogP contribution in [0.2, 0.25) is 0 Å². The van der Waals surface area contributed by atoms with Crippen molar-refractivity contribution in [2.75, 3.05) is 10.7 Å². The highest BCUT2D eigenvalue weighted by Crippen LogP contribution is 2.29. The maximum Gasteiger partial charge on any atom is 0.283 e. The Kier molecular flexibility index (Phi) is 6.77. The van der Waals surface area contributed by atoms with Crippen LogP contribution in [-0.4, -0.2) is 22.7 Å². The van der Waals surface area contributed by atoms with E-state index in [-0.39, 0.29) is 23.3 Å². The van der Waals surface area contributed by atoms with Gasteiger partial charge in [0.25, 0.3) is 5.91 Å². The summed E-state index contributed by atoms with van der Waals surface area (Å²) < 4.78 is 13.4. The maximum absolute atomic E-state index is 13.4. The zero-order valence-corrected chi connectivity index (χ0v) is 17.9. The number of nitrogens with one attached hydrogen (secondary N) is 1. The zero-order chi connectivity index (χ0) is 22.3. The Labute approximate surface area is 189 Å². The lowest BCUT2D eigenvalue weighted by Gasteiger charge is -2.17. The van der Waals surface area contributed by atoms with E-state index in [2.05, 4.69) is 10.3 Å². The topological polar surface area (TPSA) is 61.8 Å². The van der Waals surface area contributed by atoms with Gasteiger partial charge in [0.15, 0.2) is 5.17 Å². The lowest BCUT2D eigenvalue weighted by molar-refractivity contribution is -0.118. The second-order valence-corrected chi connectivity index (χ2v) is 7.95. The number of hydrogen-bond acceptors (Lipinski definition) is 4. The van der Waals surface area contributed by atoms with E-state index in [0.29, 0.717) is 17.4 Å². The molecule has 0 aliphatic carbocycles. The molecule has 1 aliphatic rings. The van der Waals surface area contributed by atoms with E-state index >= 15 is 0 Å². The quantitative estimate of drug-likeness (QED) is 0.564. The molecular formula is C25H20FN3O2S. The number of anilines is 1. The molecule has 3 aromatic carbocycles. The van der Waals surface area contributed by atoms with Crippen molar-refractivity contribution in [2.45, 2.75) is 6.54 Å². The predicted octanol–water partition coefficient (Wildman–Crippen LogP) is 4.62. The van der Waals surface area contributed by atoms with Crippen LogP contribution in [0.1, 0.15) is 11.1 Å². The van der Waals surface area contributed by atoms with Crippen molar-refractivity contribution in [3.8, 4) is 0 Å². The van der Waals surface area contributed by atoms with E-state index in [4.69, 9.17) is 0 Å². The lowest BCUT2D eigenvalue weighted by atomic mass is 10.2. The second-order valence-electron chi connectivity index (χ2n) is 7.00. The number of hydrogen-bond donors (Lipinski definition) is 1. The van der Waals surface area contributed by atoms with Gasteiger partial charge in [0.05, 0.1) is 11.4 Å². The summed E-state index contributed by atoms with van der Waals surface area (Å²) in [7, 11) is 0. The van der Waals surface area contributed by atoms with Crippen molar-refractivity contribution in [1.82, 2.24) is 5.32 Å². The highest BCUT2D eigenvalue weighted by molar-refractivity contribution is 8.14. The average molecular weight is 446 g/mol. The minimum absolute atomic E-state index is 0.0925. The molecule has 0 atom stereocenters. The molecule has 0 spiro atoms. The third kappa shape index (κ3) is 5.31. The normalized spacial score (nSPS) is 14.5. The SMILES string of the molecule is O=C(CSC1=NC(=Cc2ccccc2)C(=O)N1c1ccc(F)cc1)NCc1ccccc1. The van der Waals surface area contributed by atoms with Gasteiger partial charge in [-0.3, -0.25) is 14.5 Å². The van der Waals surface area contributed by atoms with Gasteiger partial charge < -0.3 is 5.32 Å². The standard InChI is InChI=1S/C25H20FN3O2S/c26-20-11-13-21(14-12-20)29-24(31)22(15-18-7-3-1-4-8-18)28-25(29)32-17-23(30)27-16-19-9-5-2-6-10-19/h1-15H,16-17H2,(H,27,30). The number of amidine groups is 1. The first-order chi connectivity index (χ1) is 15.6. The highest BCUT2D eigenvalue weighted by Gasteiger charge is 2.32. The summed E-state index contributed by atoms with van der Waals surface area (Å²) >= 11 is 1.16. The van der Waals surface area contributed by atoms with E-state index in [1.807, 2.05) is 60.7 Å². The first-order valence-corrected chi connectivity index (χ1v) is 11.0. The number of nitrogens with zero attached hydrogens (tertiary/aromatic N) is 2. The number of benzene rings is 3. The van der Waals surface area contributed by atoms with Crippen LogP contribution in [0.4, 0.5) is 10.1 Å². The molecule has 1 aliphatic heterocycles. The molecule has 0 saturated carbocycles. The van der Waals surface area contributed by atoms with Gasteiger partial charge in [-0.25, -0.2) is 9.38 Å². The summed E-state index contributed by atoms with van der Waals surface area (Å²) in [5.74, 6) is -0.803. The number of carbonyl (C=O) groups is 2. The summed E-state index contributed by atoms with van der Waals surface area (Å²) in [6, 6.07) is 24.6. The van der Waals surface area contributed by atoms with E-state index in [0.717, 1.165) is 22.9 Å². The fourth-order valence-corrected chi connectivity index (χ4v) is 3.94. The Bertz CT molecular complexity index is 1160. The van der Waals surface area contributed by atoms with Crippen LogP contribution in [0.5, 0.6) is 0 Å². The van der Waals surface area contributed by atoms with Gasteiger partial charge in [-0.1, -0.05) is 72.4 Å². The third-order valence-corrected chi connectivity index (χ3v) is 5.62. The Morgan fingerprint density at radius 2 is 1.62 bits per heavy atom. The summed E-state index contributed by atoms with van der Waals surface area (Å²) in [6.45, 7) is 0.423. The van der Waals surface area contributed by atoms with Crippen molar-refractivity contribution in [2.24, 2.45) is 4.99 Å². The Morgan fingerprint density at radius 3 is 2.31 bits per heavy atom. The molecule has 0 saturated heterocycles. The summed E-state index contributed by atoms with van der Waals surface area (Å²) in [6.07, 6.45) is 1.70. The van der Waals surface area contributed by atoms with Crippen molar-refractivity contribution >= 4 is 40.5 Å². The van der Waals surface area contributed by atoms with Crippen LogP contribution in [0.15, 0.2) is 95.6 Å². The summed E-state index contributed by atoms with van der Waals surface area (Å²) in [5, 5.41) is 3.24. The fourth-order valence-electron chi connectivity index (χ4n) is 3.10. The number of halogens is 1. The van der Waals surface area contributed by atoms with Crippen molar-refractivity contribution in [3.63, 3.8) is 0 Å². The molecule has 0 aromatic heterocycles. The van der Waals surface area contributed by atoms with Gasteiger partial charge in [0.1, 0.15) is 11.5 Å². The van der Waals surface area contributed by atoms with Crippen LogP contribution in [0.25, 0.3) is 6.08 Å². The second kappa shape index (κ2) is 10.1. The molecule has 1 heterocycles. The number of aliphatic imine (C=N–C) groups is 1. The van der Waals surface area contributed by atoms with Gasteiger partial charge in [-0.2, -0.15) is 0 Å². The molecule has 0 unspecified atom stereocenters. The molecule has 1 N–H and O–H groups in total. The van der Waals surface area contributed by atoms with Crippen LogP contribution in [0, 0.1) is 5.82 Å². The largest absolute Gasteiger partial charge is 0.351 e. The predicted molar refractivity (Wildman–Crippen MR) is 126 cm³/mol. The van der Waals surface area contributed by atoms with Crippen LogP contribution in [-0.2, 0) is 16.1 Å². The Hall–Kier alpha value is -3.71. The zero-order valence-electron chi connectivity index (χ0n) is 17.1. The van der Waals surface area contributed by atoms with Gasteiger partial charge in [-0.15, -0.1) is 0 Å². The van der Waals surface area contributed by atoms with Crippen LogP contribution < -0.4 is 10.2 Å². The van der Waals surface area contributed by atoms with Crippen molar-refractivity contribution < 1.29 is 14.0 Å². The van der Waals surface area contributed by atoms with E-state index in [1.165, 1.54) is 29.2 Å². The van der Waals surface area contributed by atoms with Crippen molar-refractivity contribution in [3.05, 3.63) is 108 Å². The molecule has 5 nitrogen and oxygen atoms in total. The van der Waals surface area contributed by atoms with E-state index in [9.17, 15) is 14.0 Å². The highest BCUT2D eigenvalue weighted by atomic mass is 32.2. The average Bonchev–Trinajstić information content (AvgIpc) is 3.13. The van der Waals surface area contributed by atoms with Gasteiger partial charge in [0, 0.05) is 6.54 Å². The smallest absolute Gasteiger partial charge is 0.283 e. The molecule has 160 valence electrons. The van der Waals surface area contributed by atoms with Gasteiger partial charge >= 0.3 is 0 Å². The van der Waals surface area contributed by atoms with Gasteiger partial charge in [-0.05, 0) is 41.5 Å². The van der Waals surface area contributed by atoms with Crippen LogP contribution >= 0.6 is 11.8 Å². The monoisotopic (exact) mass is 445 g/mol. The first kappa shape index (κ1) is 21.5. The number of thioether (sulfide) groups is 1.